The summed E-state index contributed by atoms with van der Waals surface area (Å²) >= 11 is 0. The summed E-state index contributed by atoms with van der Waals surface area (Å²) in [4.78, 5) is 26.3. The zero-order valence-electron chi connectivity index (χ0n) is 17.7. The lowest BCUT2D eigenvalue weighted by atomic mass is 9.66. The van der Waals surface area contributed by atoms with E-state index in [4.69, 9.17) is 9.47 Å². The molecule has 1 aromatic rings. The van der Waals surface area contributed by atoms with Gasteiger partial charge in [0.1, 0.15) is 18.2 Å². The molecule has 1 aromatic carbocycles. The van der Waals surface area contributed by atoms with Gasteiger partial charge in [-0.15, -0.1) is 0 Å². The van der Waals surface area contributed by atoms with Crippen molar-refractivity contribution in [3.05, 3.63) is 58.7 Å². The molecular formula is C24H28FNO4. The summed E-state index contributed by atoms with van der Waals surface area (Å²) in [5.41, 5.74) is 1.68. The van der Waals surface area contributed by atoms with Gasteiger partial charge in [0, 0.05) is 30.3 Å². The van der Waals surface area contributed by atoms with Crippen LogP contribution in [0.4, 0.5) is 4.39 Å². The van der Waals surface area contributed by atoms with Gasteiger partial charge in [-0.25, -0.2) is 9.18 Å². The second-order valence-electron chi connectivity index (χ2n) is 9.11. The van der Waals surface area contributed by atoms with E-state index in [1.165, 1.54) is 6.07 Å². The fourth-order valence-corrected chi connectivity index (χ4v) is 4.82. The fourth-order valence-electron chi connectivity index (χ4n) is 4.82. The number of ether oxygens (including phenoxy) is 2. The van der Waals surface area contributed by atoms with Crippen LogP contribution in [0.25, 0.3) is 0 Å². The number of rotatable bonds is 4. The first-order valence-corrected chi connectivity index (χ1v) is 10.5. The molecule has 0 saturated carbocycles. The second-order valence-corrected chi connectivity index (χ2v) is 9.11. The van der Waals surface area contributed by atoms with Crippen molar-refractivity contribution in [3.63, 3.8) is 0 Å². The molecule has 4 rings (SSSR count). The van der Waals surface area contributed by atoms with Crippen molar-refractivity contribution in [3.8, 4) is 0 Å². The van der Waals surface area contributed by atoms with Gasteiger partial charge < -0.3 is 14.8 Å². The first-order chi connectivity index (χ1) is 14.3. The molecule has 30 heavy (non-hydrogen) atoms. The zero-order valence-corrected chi connectivity index (χ0v) is 17.7. The molecule has 1 N–H and O–H groups in total. The number of carbonyl (C=O) groups is 2. The number of carbonyl (C=O) groups excluding carboxylic acids is 2. The third kappa shape index (κ3) is 3.93. The number of Topliss-reactive ketones (excluding diaryl/α,β-unsaturated/α-hetero) is 1. The standard InChI is InChI=1S/C24H28FNO4/c1-14-20(23(28)30-13-15-7-6-10-29-15)21(16-8-4-5-9-17(16)25)22-18(26-14)11-24(2,3)12-19(22)27/h4-5,8-9,11,15,21-22,26H,6-7,10,12-13H2,1-3H3. The number of allylic oxidation sites excluding steroid dienone is 3. The summed E-state index contributed by atoms with van der Waals surface area (Å²) in [7, 11) is 0. The predicted molar refractivity (Wildman–Crippen MR) is 110 cm³/mol. The van der Waals surface area contributed by atoms with Crippen LogP contribution >= 0.6 is 0 Å². The minimum absolute atomic E-state index is 0.00446. The van der Waals surface area contributed by atoms with Crippen LogP contribution in [-0.2, 0) is 19.1 Å². The van der Waals surface area contributed by atoms with E-state index >= 15 is 0 Å². The van der Waals surface area contributed by atoms with E-state index in [-0.39, 0.29) is 23.9 Å². The summed E-state index contributed by atoms with van der Waals surface area (Å²) < 4.78 is 26.0. The zero-order chi connectivity index (χ0) is 21.5. The molecule has 1 aliphatic carbocycles. The number of halogens is 1. The summed E-state index contributed by atoms with van der Waals surface area (Å²) in [5, 5.41) is 3.25. The van der Waals surface area contributed by atoms with Gasteiger partial charge in [-0.1, -0.05) is 38.1 Å². The highest BCUT2D eigenvalue weighted by atomic mass is 19.1. The van der Waals surface area contributed by atoms with Crippen LogP contribution in [0.2, 0.25) is 0 Å². The maximum atomic E-state index is 14.9. The van der Waals surface area contributed by atoms with E-state index < -0.39 is 23.6 Å². The van der Waals surface area contributed by atoms with Crippen LogP contribution in [0.1, 0.15) is 51.5 Å². The topological polar surface area (TPSA) is 64.6 Å². The van der Waals surface area contributed by atoms with E-state index in [0.29, 0.717) is 29.9 Å². The SMILES string of the molecule is CC1=C(C(=O)OCC2CCCO2)C(c2ccccc2F)C2C(=O)CC(C)(C)C=C2N1. The van der Waals surface area contributed by atoms with Crippen molar-refractivity contribution in [1.29, 1.82) is 0 Å². The molecule has 3 atom stereocenters. The highest BCUT2D eigenvalue weighted by Gasteiger charge is 2.47. The smallest absolute Gasteiger partial charge is 0.336 e. The fraction of sp³-hybridized carbons (Fsp3) is 0.500. The molecule has 0 amide bonds. The number of hydrogen-bond acceptors (Lipinski definition) is 5. The summed E-state index contributed by atoms with van der Waals surface area (Å²) in [5.74, 6) is -2.32. The van der Waals surface area contributed by atoms with E-state index in [9.17, 15) is 14.0 Å². The summed E-state index contributed by atoms with van der Waals surface area (Å²) in [6.45, 7) is 6.61. The van der Waals surface area contributed by atoms with E-state index in [2.05, 4.69) is 5.32 Å². The third-order valence-electron chi connectivity index (χ3n) is 6.12. The van der Waals surface area contributed by atoms with Crippen molar-refractivity contribution >= 4 is 11.8 Å². The Labute approximate surface area is 176 Å². The van der Waals surface area contributed by atoms with Crippen molar-refractivity contribution < 1.29 is 23.5 Å². The lowest BCUT2D eigenvalue weighted by molar-refractivity contribution is -0.143. The maximum absolute atomic E-state index is 14.9. The van der Waals surface area contributed by atoms with Crippen LogP contribution in [0.3, 0.4) is 0 Å². The molecule has 1 saturated heterocycles. The first kappa shape index (κ1) is 20.8. The highest BCUT2D eigenvalue weighted by Crippen LogP contribution is 2.47. The van der Waals surface area contributed by atoms with Crippen LogP contribution in [0.5, 0.6) is 0 Å². The Morgan fingerprint density at radius 1 is 1.30 bits per heavy atom. The van der Waals surface area contributed by atoms with Crippen molar-refractivity contribution in [2.24, 2.45) is 11.3 Å². The van der Waals surface area contributed by atoms with Gasteiger partial charge in [0.2, 0.25) is 0 Å². The molecule has 0 spiro atoms. The number of esters is 1. The van der Waals surface area contributed by atoms with Gasteiger partial charge in [0.25, 0.3) is 0 Å². The highest BCUT2D eigenvalue weighted by molar-refractivity contribution is 5.96. The van der Waals surface area contributed by atoms with Crippen molar-refractivity contribution in [2.75, 3.05) is 13.2 Å². The van der Waals surface area contributed by atoms with E-state index in [1.807, 2.05) is 19.9 Å². The molecule has 3 aliphatic rings. The Balaban J connectivity index is 1.75. The molecule has 6 heteroatoms. The minimum Gasteiger partial charge on any atom is -0.460 e. The van der Waals surface area contributed by atoms with E-state index in [1.54, 1.807) is 25.1 Å². The number of nitrogens with one attached hydrogen (secondary N) is 1. The largest absolute Gasteiger partial charge is 0.460 e. The maximum Gasteiger partial charge on any atom is 0.336 e. The normalized spacial score (nSPS) is 27.9. The van der Waals surface area contributed by atoms with Gasteiger partial charge in [-0.2, -0.15) is 0 Å². The number of hydrogen-bond donors (Lipinski definition) is 1. The first-order valence-electron chi connectivity index (χ1n) is 10.5. The molecule has 5 nitrogen and oxygen atoms in total. The number of fused-ring (bicyclic) bond motifs is 1. The summed E-state index contributed by atoms with van der Waals surface area (Å²) in [6, 6.07) is 6.35. The minimum atomic E-state index is -0.723. The van der Waals surface area contributed by atoms with Gasteiger partial charge in [-0.05, 0) is 36.8 Å². The second kappa shape index (κ2) is 7.99. The Bertz CT molecular complexity index is 927. The summed E-state index contributed by atoms with van der Waals surface area (Å²) in [6.07, 6.45) is 4.06. The van der Waals surface area contributed by atoms with Gasteiger partial charge >= 0.3 is 5.97 Å². The Morgan fingerprint density at radius 2 is 2.07 bits per heavy atom. The lowest BCUT2D eigenvalue weighted by Crippen LogP contribution is -2.44. The van der Waals surface area contributed by atoms with Gasteiger partial charge in [-0.3, -0.25) is 4.79 Å². The van der Waals surface area contributed by atoms with Crippen molar-refractivity contribution in [2.45, 2.75) is 52.1 Å². The molecule has 2 heterocycles. The quantitative estimate of drug-likeness (QED) is 0.756. The molecule has 160 valence electrons. The Morgan fingerprint density at radius 3 is 2.77 bits per heavy atom. The molecule has 3 unspecified atom stereocenters. The lowest BCUT2D eigenvalue weighted by Gasteiger charge is -2.41. The molecule has 1 fully saturated rings. The van der Waals surface area contributed by atoms with Crippen LogP contribution in [0.15, 0.2) is 47.3 Å². The van der Waals surface area contributed by atoms with Crippen LogP contribution in [0, 0.1) is 17.2 Å². The Hall–Kier alpha value is -2.47. The predicted octanol–water partition coefficient (Wildman–Crippen LogP) is 4.01. The van der Waals surface area contributed by atoms with Crippen LogP contribution in [-0.4, -0.2) is 31.1 Å². The monoisotopic (exact) mass is 413 g/mol. The van der Waals surface area contributed by atoms with Crippen molar-refractivity contribution in [1.82, 2.24) is 5.32 Å². The molecule has 2 aliphatic heterocycles. The van der Waals surface area contributed by atoms with E-state index in [0.717, 1.165) is 18.5 Å². The molecule has 0 aromatic heterocycles. The number of benzene rings is 1. The molecular weight excluding hydrogens is 385 g/mol. The molecule has 0 bridgehead atoms. The Kier molecular flexibility index (Phi) is 5.53. The van der Waals surface area contributed by atoms with Crippen LogP contribution < -0.4 is 5.32 Å². The molecule has 0 radical (unpaired) electrons. The van der Waals surface area contributed by atoms with Gasteiger partial charge in [0.05, 0.1) is 17.6 Å². The number of ketones is 1. The third-order valence-corrected chi connectivity index (χ3v) is 6.12. The van der Waals surface area contributed by atoms with Gasteiger partial charge in [0.15, 0.2) is 0 Å². The average molecular weight is 413 g/mol. The average Bonchev–Trinajstić information content (AvgIpc) is 3.18.